The lowest BCUT2D eigenvalue weighted by molar-refractivity contribution is 0.102. The number of carbonyl (C=O) groups excluding carboxylic acids is 1. The van der Waals surface area contributed by atoms with Crippen LogP contribution in [0.15, 0.2) is 36.4 Å². The zero-order valence-electron chi connectivity index (χ0n) is 13.7. The quantitative estimate of drug-likeness (QED) is 0.655. The van der Waals surface area contributed by atoms with Crippen LogP contribution in [-0.2, 0) is 0 Å². The number of rotatable bonds is 5. The second-order valence-corrected chi connectivity index (χ2v) is 6.88. The zero-order valence-corrected chi connectivity index (χ0v) is 16.1. The van der Waals surface area contributed by atoms with E-state index in [2.05, 4.69) is 15.5 Å². The van der Waals surface area contributed by atoms with Crippen LogP contribution < -0.4 is 14.8 Å². The molecule has 0 saturated heterocycles. The van der Waals surface area contributed by atoms with Gasteiger partial charge in [-0.3, -0.25) is 10.1 Å². The highest BCUT2D eigenvalue weighted by molar-refractivity contribution is 7.18. The molecule has 9 heteroatoms. The number of amides is 1. The number of halogens is 2. The summed E-state index contributed by atoms with van der Waals surface area (Å²) >= 11 is 13.1. The molecule has 0 bridgehead atoms. The first-order valence-electron chi connectivity index (χ1n) is 7.34. The first-order valence-corrected chi connectivity index (χ1v) is 8.91. The summed E-state index contributed by atoms with van der Waals surface area (Å²) in [4.78, 5) is 12.3. The fourth-order valence-electron chi connectivity index (χ4n) is 2.20. The monoisotopic (exact) mass is 409 g/mol. The van der Waals surface area contributed by atoms with Crippen LogP contribution in [0.25, 0.3) is 10.6 Å². The first kappa shape index (κ1) is 18.4. The number of hydrogen-bond acceptors (Lipinski definition) is 6. The van der Waals surface area contributed by atoms with E-state index < -0.39 is 0 Å². The van der Waals surface area contributed by atoms with Gasteiger partial charge in [0.2, 0.25) is 5.13 Å². The maximum Gasteiger partial charge on any atom is 0.259 e. The fraction of sp³-hybridized carbons (Fsp3) is 0.118. The molecule has 1 amide bonds. The molecule has 0 aliphatic carbocycles. The smallest absolute Gasteiger partial charge is 0.259 e. The van der Waals surface area contributed by atoms with Gasteiger partial charge in [-0.2, -0.15) is 0 Å². The number of ether oxygens (including phenoxy) is 2. The molecule has 2 aromatic carbocycles. The molecule has 0 atom stereocenters. The van der Waals surface area contributed by atoms with Crippen molar-refractivity contribution in [2.45, 2.75) is 0 Å². The summed E-state index contributed by atoms with van der Waals surface area (Å²) < 4.78 is 10.5. The van der Waals surface area contributed by atoms with Crippen LogP contribution in [0.3, 0.4) is 0 Å². The van der Waals surface area contributed by atoms with E-state index in [0.29, 0.717) is 32.2 Å². The largest absolute Gasteiger partial charge is 0.493 e. The van der Waals surface area contributed by atoms with Crippen molar-refractivity contribution in [3.05, 3.63) is 52.0 Å². The summed E-state index contributed by atoms with van der Waals surface area (Å²) in [6.45, 7) is 0. The van der Waals surface area contributed by atoms with Crippen LogP contribution in [0.5, 0.6) is 11.5 Å². The molecule has 134 valence electrons. The van der Waals surface area contributed by atoms with Crippen molar-refractivity contribution in [3.63, 3.8) is 0 Å². The lowest BCUT2D eigenvalue weighted by Crippen LogP contribution is -2.12. The summed E-state index contributed by atoms with van der Waals surface area (Å²) in [5.41, 5.74) is 1.10. The van der Waals surface area contributed by atoms with Crippen molar-refractivity contribution in [2.24, 2.45) is 0 Å². The van der Waals surface area contributed by atoms with Crippen molar-refractivity contribution in [2.75, 3.05) is 19.5 Å². The molecule has 0 radical (unpaired) electrons. The Labute approximate surface area is 163 Å². The highest BCUT2D eigenvalue weighted by Crippen LogP contribution is 2.34. The molecule has 0 saturated carbocycles. The minimum atomic E-state index is -0.387. The number of aromatic nitrogens is 2. The van der Waals surface area contributed by atoms with Gasteiger partial charge in [0.05, 0.1) is 24.8 Å². The molecule has 3 aromatic rings. The van der Waals surface area contributed by atoms with E-state index in [1.807, 2.05) is 6.07 Å². The second-order valence-electron chi connectivity index (χ2n) is 5.06. The summed E-state index contributed by atoms with van der Waals surface area (Å²) in [6, 6.07) is 10.1. The van der Waals surface area contributed by atoms with Crippen molar-refractivity contribution < 1.29 is 14.3 Å². The molecule has 0 fully saturated rings. The van der Waals surface area contributed by atoms with Gasteiger partial charge in [-0.25, -0.2) is 0 Å². The third-order valence-corrected chi connectivity index (χ3v) is 4.89. The molecule has 1 heterocycles. The van der Waals surface area contributed by atoms with Gasteiger partial charge < -0.3 is 9.47 Å². The number of nitrogens with zero attached hydrogens (tertiary/aromatic N) is 2. The van der Waals surface area contributed by atoms with Gasteiger partial charge >= 0.3 is 0 Å². The summed E-state index contributed by atoms with van der Waals surface area (Å²) in [5.74, 6) is 0.812. The summed E-state index contributed by atoms with van der Waals surface area (Å²) in [6.07, 6.45) is 0. The molecule has 0 aliphatic rings. The zero-order chi connectivity index (χ0) is 18.7. The van der Waals surface area contributed by atoms with E-state index in [9.17, 15) is 4.79 Å². The number of carbonyl (C=O) groups is 1. The highest BCUT2D eigenvalue weighted by atomic mass is 35.5. The Kier molecular flexibility index (Phi) is 5.61. The standard InChI is InChI=1S/C17H13Cl2N3O3S/c1-24-13-6-3-9(7-14(13)25-2)16-21-22-17(26-16)20-15(23)11-5-4-10(18)8-12(11)19/h3-8H,1-2H3,(H,20,22,23). The molecule has 6 nitrogen and oxygen atoms in total. The van der Waals surface area contributed by atoms with Gasteiger partial charge in [0.25, 0.3) is 5.91 Å². The molecule has 3 rings (SSSR count). The van der Waals surface area contributed by atoms with Crippen LogP contribution in [0.1, 0.15) is 10.4 Å². The molecular weight excluding hydrogens is 397 g/mol. The van der Waals surface area contributed by atoms with Crippen molar-refractivity contribution in [1.29, 1.82) is 0 Å². The number of benzene rings is 2. The van der Waals surface area contributed by atoms with Crippen molar-refractivity contribution in [3.8, 4) is 22.1 Å². The molecule has 0 unspecified atom stereocenters. The minimum Gasteiger partial charge on any atom is -0.493 e. The maximum absolute atomic E-state index is 12.3. The van der Waals surface area contributed by atoms with Gasteiger partial charge in [0, 0.05) is 10.6 Å². The number of nitrogens with one attached hydrogen (secondary N) is 1. The van der Waals surface area contributed by atoms with Crippen LogP contribution >= 0.6 is 34.5 Å². The number of hydrogen-bond donors (Lipinski definition) is 1. The molecule has 26 heavy (non-hydrogen) atoms. The summed E-state index contributed by atoms with van der Waals surface area (Å²) in [7, 11) is 3.13. The normalized spacial score (nSPS) is 10.5. The third-order valence-electron chi connectivity index (χ3n) is 3.45. The number of anilines is 1. The molecular formula is C17H13Cl2N3O3S. The Morgan fingerprint density at radius 1 is 1.04 bits per heavy atom. The van der Waals surface area contributed by atoms with Crippen LogP contribution in [0.4, 0.5) is 5.13 Å². The Hall–Kier alpha value is -2.35. The van der Waals surface area contributed by atoms with Gasteiger partial charge in [-0.1, -0.05) is 34.5 Å². The summed E-state index contributed by atoms with van der Waals surface area (Å²) in [5, 5.41) is 12.5. The number of methoxy groups -OCH3 is 2. The van der Waals surface area contributed by atoms with Gasteiger partial charge in [-0.15, -0.1) is 10.2 Å². The van der Waals surface area contributed by atoms with Gasteiger partial charge in [0.15, 0.2) is 11.5 Å². The predicted molar refractivity (Wildman–Crippen MR) is 103 cm³/mol. The minimum absolute atomic E-state index is 0.264. The van der Waals surface area contributed by atoms with Crippen LogP contribution in [0, 0.1) is 0 Å². The highest BCUT2D eigenvalue weighted by Gasteiger charge is 2.15. The molecule has 1 aromatic heterocycles. The van der Waals surface area contributed by atoms with Crippen molar-refractivity contribution >= 4 is 45.6 Å². The fourth-order valence-corrected chi connectivity index (χ4v) is 3.43. The van der Waals surface area contributed by atoms with E-state index in [1.165, 1.54) is 17.4 Å². The lowest BCUT2D eigenvalue weighted by atomic mass is 10.2. The van der Waals surface area contributed by atoms with E-state index in [-0.39, 0.29) is 10.9 Å². The first-order chi connectivity index (χ1) is 12.5. The third kappa shape index (κ3) is 3.90. The van der Waals surface area contributed by atoms with E-state index in [4.69, 9.17) is 32.7 Å². The van der Waals surface area contributed by atoms with E-state index in [1.54, 1.807) is 38.5 Å². The topological polar surface area (TPSA) is 73.3 Å². The van der Waals surface area contributed by atoms with Gasteiger partial charge in [-0.05, 0) is 36.4 Å². The van der Waals surface area contributed by atoms with E-state index >= 15 is 0 Å². The Balaban J connectivity index is 1.81. The van der Waals surface area contributed by atoms with Crippen LogP contribution in [0.2, 0.25) is 10.0 Å². The molecule has 1 N–H and O–H groups in total. The lowest BCUT2D eigenvalue weighted by Gasteiger charge is -2.07. The Morgan fingerprint density at radius 2 is 1.81 bits per heavy atom. The van der Waals surface area contributed by atoms with Gasteiger partial charge in [0.1, 0.15) is 5.01 Å². The SMILES string of the molecule is COc1ccc(-c2nnc(NC(=O)c3ccc(Cl)cc3Cl)s2)cc1OC. The van der Waals surface area contributed by atoms with Crippen LogP contribution in [-0.4, -0.2) is 30.3 Å². The second kappa shape index (κ2) is 7.90. The molecule has 0 spiro atoms. The Bertz CT molecular complexity index is 962. The molecule has 0 aliphatic heterocycles. The van der Waals surface area contributed by atoms with E-state index in [0.717, 1.165) is 5.56 Å². The average molecular weight is 410 g/mol. The van der Waals surface area contributed by atoms with Crippen molar-refractivity contribution in [1.82, 2.24) is 10.2 Å². The Morgan fingerprint density at radius 3 is 2.50 bits per heavy atom. The average Bonchev–Trinajstić information content (AvgIpc) is 3.09. The predicted octanol–water partition coefficient (Wildman–Crippen LogP) is 4.78. The maximum atomic E-state index is 12.3.